The molecule has 1 N–H and O–H groups in total. The largest absolute Gasteiger partial charge is 0.477 e. The van der Waals surface area contributed by atoms with E-state index in [4.69, 9.17) is 4.42 Å². The van der Waals surface area contributed by atoms with E-state index in [2.05, 4.69) is 9.88 Å². The molecule has 0 saturated carbocycles. The zero-order valence-corrected chi connectivity index (χ0v) is 20.9. The molecule has 192 valence electrons. The average Bonchev–Trinajstić information content (AvgIpc) is 3.72. The highest BCUT2D eigenvalue weighted by molar-refractivity contribution is 5.88. The van der Waals surface area contributed by atoms with Crippen LogP contribution in [0.4, 0.5) is 5.69 Å². The maximum Gasteiger partial charge on any atom is 0.341 e. The first kappa shape index (κ1) is 23.0. The van der Waals surface area contributed by atoms with E-state index in [1.807, 2.05) is 83.6 Å². The lowest BCUT2D eigenvalue weighted by molar-refractivity contribution is 0.0695. The zero-order chi connectivity index (χ0) is 26.5. The lowest BCUT2D eigenvalue weighted by atomic mass is 10.1. The molecule has 8 heteroatoms. The molecule has 0 spiro atoms. The van der Waals surface area contributed by atoms with E-state index in [0.29, 0.717) is 28.5 Å². The Bertz CT molecular complexity index is 1920. The van der Waals surface area contributed by atoms with Gasteiger partial charge in [-0.05, 0) is 54.8 Å². The number of hydrogen-bond donors (Lipinski definition) is 1. The predicted molar refractivity (Wildman–Crippen MR) is 150 cm³/mol. The molecule has 1 saturated heterocycles. The summed E-state index contributed by atoms with van der Waals surface area (Å²) in [5.41, 5.74) is 4.55. The van der Waals surface area contributed by atoms with Crippen molar-refractivity contribution in [2.24, 2.45) is 0 Å². The number of fused-ring (bicyclic) bond motifs is 2. The van der Waals surface area contributed by atoms with Gasteiger partial charge in [-0.3, -0.25) is 9.36 Å². The molecular formula is C31H24N4O4. The van der Waals surface area contributed by atoms with Crippen LogP contribution >= 0.6 is 0 Å². The van der Waals surface area contributed by atoms with Crippen molar-refractivity contribution in [3.05, 3.63) is 107 Å². The first-order valence-electron chi connectivity index (χ1n) is 12.9. The summed E-state index contributed by atoms with van der Waals surface area (Å²) in [6.45, 7) is 2.07. The number of carboxylic acid groups (broad SMARTS) is 1. The van der Waals surface area contributed by atoms with Crippen LogP contribution in [-0.4, -0.2) is 38.3 Å². The molecule has 0 bridgehead atoms. The van der Waals surface area contributed by atoms with Crippen molar-refractivity contribution in [3.63, 3.8) is 0 Å². The third-order valence-electron chi connectivity index (χ3n) is 7.36. The molecule has 7 rings (SSSR count). The van der Waals surface area contributed by atoms with Gasteiger partial charge in [-0.2, -0.15) is 4.98 Å². The molecule has 6 aromatic rings. The van der Waals surface area contributed by atoms with Crippen LogP contribution in [0.2, 0.25) is 0 Å². The van der Waals surface area contributed by atoms with E-state index < -0.39 is 11.4 Å². The Balaban J connectivity index is 1.34. The van der Waals surface area contributed by atoms with Gasteiger partial charge in [0.1, 0.15) is 11.1 Å². The highest BCUT2D eigenvalue weighted by Gasteiger charge is 2.18. The third kappa shape index (κ3) is 3.97. The molecular weight excluding hydrogens is 492 g/mol. The summed E-state index contributed by atoms with van der Waals surface area (Å²) in [7, 11) is 0. The topological polar surface area (TPSA) is 93.5 Å². The molecule has 0 aliphatic carbocycles. The van der Waals surface area contributed by atoms with Crippen molar-refractivity contribution in [3.8, 4) is 23.0 Å². The quantitative estimate of drug-likeness (QED) is 0.307. The number of para-hydroxylation sites is 1. The Morgan fingerprint density at radius 2 is 1.64 bits per heavy atom. The lowest BCUT2D eigenvalue weighted by Gasteiger charge is -2.19. The van der Waals surface area contributed by atoms with Crippen LogP contribution in [0.15, 0.2) is 100 Å². The average molecular weight is 517 g/mol. The molecule has 0 radical (unpaired) electrons. The molecule has 0 unspecified atom stereocenters. The highest BCUT2D eigenvalue weighted by Crippen LogP contribution is 2.29. The minimum Gasteiger partial charge on any atom is -0.477 e. The Labute approximate surface area is 223 Å². The summed E-state index contributed by atoms with van der Waals surface area (Å²) < 4.78 is 9.78. The number of aromatic carboxylic acids is 1. The minimum absolute atomic E-state index is 0.301. The lowest BCUT2D eigenvalue weighted by Crippen LogP contribution is -2.18. The van der Waals surface area contributed by atoms with E-state index in [-0.39, 0.29) is 5.56 Å². The van der Waals surface area contributed by atoms with E-state index in [1.54, 1.807) is 4.57 Å². The minimum atomic E-state index is -1.27. The number of anilines is 1. The van der Waals surface area contributed by atoms with Crippen molar-refractivity contribution < 1.29 is 14.3 Å². The molecule has 8 nitrogen and oxygen atoms in total. The first-order valence-corrected chi connectivity index (χ1v) is 12.9. The maximum absolute atomic E-state index is 12.7. The van der Waals surface area contributed by atoms with Gasteiger partial charge >= 0.3 is 12.0 Å². The summed E-state index contributed by atoms with van der Waals surface area (Å²) in [5, 5.41) is 10.8. The van der Waals surface area contributed by atoms with Crippen LogP contribution in [0.25, 0.3) is 45.0 Å². The smallest absolute Gasteiger partial charge is 0.341 e. The Morgan fingerprint density at radius 3 is 2.44 bits per heavy atom. The second-order valence-corrected chi connectivity index (χ2v) is 9.75. The van der Waals surface area contributed by atoms with Gasteiger partial charge in [0, 0.05) is 54.4 Å². The number of nitrogens with zero attached hydrogens (tertiary/aromatic N) is 4. The fourth-order valence-electron chi connectivity index (χ4n) is 5.35. The van der Waals surface area contributed by atoms with Crippen LogP contribution < -0.4 is 10.3 Å². The second kappa shape index (κ2) is 9.02. The molecule has 0 atom stereocenters. The van der Waals surface area contributed by atoms with Crippen molar-refractivity contribution >= 4 is 33.7 Å². The molecule has 1 aliphatic heterocycles. The number of hydrogen-bond acceptors (Lipinski definition) is 5. The van der Waals surface area contributed by atoms with Gasteiger partial charge in [0.15, 0.2) is 11.0 Å². The standard InChI is InChI=1S/C31H24N4O4/c36-28-18-27(21-7-9-22(10-8-21)33-14-3-4-15-33)35(19-24(28)30(37)38)23-11-12-25-29(17-23)39-31(32-25)34-16-13-20-5-1-2-6-26(20)34/h1-2,5-13,16-19H,3-4,14-15H2,(H,37,38). The number of benzene rings is 3. The van der Waals surface area contributed by atoms with Gasteiger partial charge in [0.25, 0.3) is 0 Å². The summed E-state index contributed by atoms with van der Waals surface area (Å²) in [4.78, 5) is 31.6. The SMILES string of the molecule is O=C(O)c1cn(-c2ccc3nc(-n4ccc5ccccc54)oc3c2)c(-c2ccc(N3CCCC3)cc2)cc1=O. The Hall–Kier alpha value is -5.11. The molecule has 39 heavy (non-hydrogen) atoms. The number of aromatic nitrogens is 3. The van der Waals surface area contributed by atoms with Crippen molar-refractivity contribution in [1.82, 2.24) is 14.1 Å². The second-order valence-electron chi connectivity index (χ2n) is 9.75. The number of carbonyl (C=O) groups is 1. The van der Waals surface area contributed by atoms with Gasteiger partial charge in [0.2, 0.25) is 0 Å². The summed E-state index contributed by atoms with van der Waals surface area (Å²) in [6.07, 6.45) is 5.67. The number of oxazole rings is 1. The van der Waals surface area contributed by atoms with E-state index in [1.165, 1.54) is 25.1 Å². The van der Waals surface area contributed by atoms with Crippen LogP contribution in [0.1, 0.15) is 23.2 Å². The van der Waals surface area contributed by atoms with Crippen molar-refractivity contribution in [2.45, 2.75) is 12.8 Å². The van der Waals surface area contributed by atoms with Gasteiger partial charge in [-0.15, -0.1) is 0 Å². The first-order chi connectivity index (χ1) is 19.0. The number of pyridine rings is 1. The summed E-state index contributed by atoms with van der Waals surface area (Å²) in [6, 6.07) is 25.4. The fraction of sp³-hybridized carbons (Fsp3) is 0.129. The molecule has 3 aromatic heterocycles. The van der Waals surface area contributed by atoms with Gasteiger partial charge < -0.3 is 19.0 Å². The summed E-state index contributed by atoms with van der Waals surface area (Å²) in [5.74, 6) is -1.27. The van der Waals surface area contributed by atoms with Crippen LogP contribution in [-0.2, 0) is 0 Å². The highest BCUT2D eigenvalue weighted by atomic mass is 16.4. The zero-order valence-electron chi connectivity index (χ0n) is 20.9. The molecule has 3 aromatic carbocycles. The van der Waals surface area contributed by atoms with E-state index in [9.17, 15) is 14.7 Å². The Morgan fingerprint density at radius 1 is 0.872 bits per heavy atom. The monoisotopic (exact) mass is 516 g/mol. The molecule has 0 amide bonds. The van der Waals surface area contributed by atoms with Gasteiger partial charge in [0.05, 0.1) is 11.2 Å². The van der Waals surface area contributed by atoms with Crippen LogP contribution in [0.5, 0.6) is 0 Å². The number of rotatable bonds is 5. The van der Waals surface area contributed by atoms with Crippen molar-refractivity contribution in [1.29, 1.82) is 0 Å². The fourth-order valence-corrected chi connectivity index (χ4v) is 5.35. The molecule has 1 fully saturated rings. The van der Waals surface area contributed by atoms with E-state index in [0.717, 1.165) is 35.2 Å². The van der Waals surface area contributed by atoms with Gasteiger partial charge in [-0.25, -0.2) is 4.79 Å². The van der Waals surface area contributed by atoms with Gasteiger partial charge in [-0.1, -0.05) is 30.3 Å². The Kier molecular flexibility index (Phi) is 5.33. The predicted octanol–water partition coefficient (Wildman–Crippen LogP) is 5.89. The molecule has 4 heterocycles. The van der Waals surface area contributed by atoms with E-state index >= 15 is 0 Å². The van der Waals surface area contributed by atoms with Crippen LogP contribution in [0.3, 0.4) is 0 Å². The molecule has 1 aliphatic rings. The van der Waals surface area contributed by atoms with Crippen LogP contribution in [0, 0.1) is 0 Å². The normalized spacial score (nSPS) is 13.5. The third-order valence-corrected chi connectivity index (χ3v) is 7.36. The van der Waals surface area contributed by atoms with Crippen molar-refractivity contribution in [2.75, 3.05) is 18.0 Å². The summed E-state index contributed by atoms with van der Waals surface area (Å²) >= 11 is 0. The maximum atomic E-state index is 12.7. The number of carboxylic acids is 1.